The van der Waals surface area contributed by atoms with Crippen LogP contribution in [0.25, 0.3) is 0 Å². The number of benzene rings is 1. The lowest BCUT2D eigenvalue weighted by Crippen LogP contribution is -2.41. The fraction of sp³-hybridized carbons (Fsp3) is 0.467. The maximum Gasteiger partial charge on any atom is 0.319 e. The summed E-state index contributed by atoms with van der Waals surface area (Å²) in [5.41, 5.74) is -0.506. The van der Waals surface area contributed by atoms with Crippen LogP contribution in [0.3, 0.4) is 0 Å². The number of amides is 2. The SMILES string of the molecule is Cc1c(Cl)cc(F)c(NC(=O)NC2CCC(C(=O)O)CC2)c1F. The lowest BCUT2D eigenvalue weighted by atomic mass is 9.86. The molecule has 0 bridgehead atoms. The summed E-state index contributed by atoms with van der Waals surface area (Å²) in [4.78, 5) is 22.8. The summed E-state index contributed by atoms with van der Waals surface area (Å²) in [6, 6.07) is -0.0124. The third-order valence-electron chi connectivity index (χ3n) is 4.05. The van der Waals surface area contributed by atoms with Crippen molar-refractivity contribution in [3.05, 3.63) is 28.3 Å². The van der Waals surface area contributed by atoms with Gasteiger partial charge in [-0.15, -0.1) is 0 Å². The number of carbonyl (C=O) groups excluding carboxylic acids is 1. The number of nitrogens with one attached hydrogen (secondary N) is 2. The lowest BCUT2D eigenvalue weighted by molar-refractivity contribution is -0.142. The maximum absolute atomic E-state index is 14.0. The van der Waals surface area contributed by atoms with Gasteiger partial charge in [0.15, 0.2) is 11.6 Å². The molecule has 1 fully saturated rings. The molecule has 23 heavy (non-hydrogen) atoms. The Hall–Kier alpha value is -1.89. The van der Waals surface area contributed by atoms with Gasteiger partial charge >= 0.3 is 12.0 Å². The van der Waals surface area contributed by atoms with E-state index in [4.69, 9.17) is 16.7 Å². The zero-order valence-electron chi connectivity index (χ0n) is 12.5. The molecular weight excluding hydrogens is 330 g/mol. The third-order valence-corrected chi connectivity index (χ3v) is 4.44. The second kappa shape index (κ2) is 7.12. The van der Waals surface area contributed by atoms with E-state index in [1.807, 2.05) is 0 Å². The molecule has 3 N–H and O–H groups in total. The summed E-state index contributed by atoms with van der Waals surface area (Å²) in [6.07, 6.45) is 1.94. The normalized spacial score (nSPS) is 20.9. The molecule has 0 aromatic heterocycles. The summed E-state index contributed by atoms with van der Waals surface area (Å²) in [5, 5.41) is 13.6. The molecule has 0 atom stereocenters. The van der Waals surface area contributed by atoms with Crippen molar-refractivity contribution >= 4 is 29.3 Å². The van der Waals surface area contributed by atoms with Gasteiger partial charge in [-0.2, -0.15) is 0 Å². The second-order valence-corrected chi connectivity index (χ2v) is 6.05. The van der Waals surface area contributed by atoms with Crippen molar-refractivity contribution < 1.29 is 23.5 Å². The summed E-state index contributed by atoms with van der Waals surface area (Å²) < 4.78 is 27.7. The summed E-state index contributed by atoms with van der Waals surface area (Å²) in [5.74, 6) is -3.11. The van der Waals surface area contributed by atoms with E-state index in [1.54, 1.807) is 0 Å². The van der Waals surface area contributed by atoms with Gasteiger partial charge in [0.1, 0.15) is 5.69 Å². The van der Waals surface area contributed by atoms with Gasteiger partial charge in [0, 0.05) is 16.6 Å². The van der Waals surface area contributed by atoms with E-state index in [0.717, 1.165) is 6.07 Å². The topological polar surface area (TPSA) is 78.4 Å². The van der Waals surface area contributed by atoms with Gasteiger partial charge in [0.05, 0.1) is 5.92 Å². The molecule has 0 heterocycles. The molecule has 0 radical (unpaired) electrons. The smallest absolute Gasteiger partial charge is 0.319 e. The Kier molecular flexibility index (Phi) is 5.41. The van der Waals surface area contributed by atoms with Crippen LogP contribution >= 0.6 is 11.6 Å². The van der Waals surface area contributed by atoms with Crippen LogP contribution in [0.1, 0.15) is 31.2 Å². The van der Waals surface area contributed by atoms with Crippen molar-refractivity contribution in [2.75, 3.05) is 5.32 Å². The molecule has 1 aliphatic rings. The van der Waals surface area contributed by atoms with Crippen LogP contribution in [0.4, 0.5) is 19.3 Å². The minimum atomic E-state index is -0.956. The molecule has 1 saturated carbocycles. The van der Waals surface area contributed by atoms with Crippen molar-refractivity contribution in [3.8, 4) is 0 Å². The lowest BCUT2D eigenvalue weighted by Gasteiger charge is -2.26. The number of urea groups is 1. The van der Waals surface area contributed by atoms with Gasteiger partial charge in [-0.1, -0.05) is 11.6 Å². The van der Waals surface area contributed by atoms with Crippen LogP contribution in [0.15, 0.2) is 6.07 Å². The molecule has 0 saturated heterocycles. The number of carboxylic acids is 1. The molecule has 5 nitrogen and oxygen atoms in total. The van der Waals surface area contributed by atoms with Crippen molar-refractivity contribution in [3.63, 3.8) is 0 Å². The fourth-order valence-corrected chi connectivity index (χ4v) is 2.80. The number of carboxylic acid groups (broad SMARTS) is 1. The van der Waals surface area contributed by atoms with E-state index in [2.05, 4.69) is 10.6 Å². The number of carbonyl (C=O) groups is 2. The number of hydrogen-bond donors (Lipinski definition) is 3. The quantitative estimate of drug-likeness (QED) is 0.781. The van der Waals surface area contributed by atoms with E-state index in [9.17, 15) is 18.4 Å². The Labute approximate surface area is 137 Å². The van der Waals surface area contributed by atoms with E-state index in [1.165, 1.54) is 6.92 Å². The molecule has 1 aromatic rings. The van der Waals surface area contributed by atoms with Gasteiger partial charge in [-0.3, -0.25) is 4.79 Å². The maximum atomic E-state index is 14.0. The monoisotopic (exact) mass is 346 g/mol. The Balaban J connectivity index is 1.96. The highest BCUT2D eigenvalue weighted by atomic mass is 35.5. The molecule has 1 aromatic carbocycles. The number of rotatable bonds is 3. The first kappa shape index (κ1) is 17.5. The highest BCUT2D eigenvalue weighted by molar-refractivity contribution is 6.31. The predicted molar refractivity (Wildman–Crippen MR) is 81.6 cm³/mol. The van der Waals surface area contributed by atoms with Gasteiger partial charge in [0.25, 0.3) is 0 Å². The van der Waals surface area contributed by atoms with Crippen molar-refractivity contribution in [2.24, 2.45) is 5.92 Å². The molecule has 1 aliphatic carbocycles. The Bertz CT molecular complexity index is 632. The highest BCUT2D eigenvalue weighted by Crippen LogP contribution is 2.28. The van der Waals surface area contributed by atoms with E-state index < -0.39 is 35.2 Å². The van der Waals surface area contributed by atoms with Gasteiger partial charge in [0.2, 0.25) is 0 Å². The van der Waals surface area contributed by atoms with Crippen LogP contribution in [-0.2, 0) is 4.79 Å². The fourth-order valence-electron chi connectivity index (χ4n) is 2.62. The summed E-state index contributed by atoms with van der Waals surface area (Å²) in [7, 11) is 0. The molecule has 0 unspecified atom stereocenters. The number of hydrogen-bond acceptors (Lipinski definition) is 2. The highest BCUT2D eigenvalue weighted by Gasteiger charge is 2.27. The molecular formula is C15H17ClF2N2O3. The molecule has 126 valence electrons. The molecule has 2 rings (SSSR count). The summed E-state index contributed by atoms with van der Waals surface area (Å²) in [6.45, 7) is 1.38. The zero-order chi connectivity index (χ0) is 17.1. The average molecular weight is 347 g/mol. The first-order valence-corrected chi connectivity index (χ1v) is 7.61. The molecule has 0 spiro atoms. The predicted octanol–water partition coefficient (Wildman–Crippen LogP) is 3.69. The zero-order valence-corrected chi connectivity index (χ0v) is 13.2. The van der Waals surface area contributed by atoms with Crippen LogP contribution in [0.5, 0.6) is 0 Å². The Morgan fingerprint density at radius 1 is 1.26 bits per heavy atom. The molecule has 8 heteroatoms. The Morgan fingerprint density at radius 3 is 2.43 bits per heavy atom. The second-order valence-electron chi connectivity index (χ2n) is 5.64. The molecule has 2 amide bonds. The van der Waals surface area contributed by atoms with Gasteiger partial charge < -0.3 is 15.7 Å². The number of halogens is 3. The average Bonchev–Trinajstić information content (AvgIpc) is 2.50. The molecule has 0 aliphatic heterocycles. The largest absolute Gasteiger partial charge is 0.481 e. The van der Waals surface area contributed by atoms with Crippen molar-refractivity contribution in [1.82, 2.24) is 5.32 Å². The summed E-state index contributed by atoms with van der Waals surface area (Å²) >= 11 is 5.67. The Morgan fingerprint density at radius 2 is 1.87 bits per heavy atom. The number of aliphatic carboxylic acids is 1. The van der Waals surface area contributed by atoms with Crippen LogP contribution in [0.2, 0.25) is 5.02 Å². The van der Waals surface area contributed by atoms with E-state index in [0.29, 0.717) is 25.7 Å². The van der Waals surface area contributed by atoms with Crippen molar-refractivity contribution in [2.45, 2.75) is 38.6 Å². The minimum Gasteiger partial charge on any atom is -0.481 e. The van der Waals surface area contributed by atoms with E-state index >= 15 is 0 Å². The van der Waals surface area contributed by atoms with Crippen LogP contribution in [-0.4, -0.2) is 23.1 Å². The van der Waals surface area contributed by atoms with E-state index in [-0.39, 0.29) is 16.6 Å². The third kappa shape index (κ3) is 4.10. The van der Waals surface area contributed by atoms with Gasteiger partial charge in [-0.05, 0) is 38.7 Å². The number of anilines is 1. The van der Waals surface area contributed by atoms with Gasteiger partial charge in [-0.25, -0.2) is 13.6 Å². The van der Waals surface area contributed by atoms with Crippen molar-refractivity contribution in [1.29, 1.82) is 0 Å². The van der Waals surface area contributed by atoms with Crippen LogP contribution < -0.4 is 10.6 Å². The first-order valence-electron chi connectivity index (χ1n) is 7.24. The van der Waals surface area contributed by atoms with Crippen LogP contribution in [0, 0.1) is 24.5 Å². The first-order chi connectivity index (χ1) is 10.8. The minimum absolute atomic E-state index is 0.0466. The standard InChI is InChI=1S/C15H17ClF2N2O3/c1-7-10(16)6-11(17)13(12(7)18)20-15(23)19-9-4-2-8(3-5-9)14(21)22/h6,8-9H,2-5H2,1H3,(H,21,22)(H2,19,20,23).